The van der Waals surface area contributed by atoms with Gasteiger partial charge in [-0.05, 0) is 54.8 Å². The fraction of sp³-hybridized carbons (Fsp3) is 0.769. The molecule has 1 aromatic rings. The summed E-state index contributed by atoms with van der Waals surface area (Å²) >= 11 is 0. The van der Waals surface area contributed by atoms with Gasteiger partial charge in [-0.25, -0.2) is 0 Å². The first-order chi connectivity index (χ1) is 15.6. The Kier molecular flexibility index (Phi) is 12.7. The van der Waals surface area contributed by atoms with Gasteiger partial charge in [-0.15, -0.1) is 0 Å². The number of benzene rings is 1. The summed E-state index contributed by atoms with van der Waals surface area (Å²) < 4.78 is 23.1. The number of rotatable bonds is 9. The first-order valence-corrected chi connectivity index (χ1v) is 16.4. The second-order valence-corrected chi connectivity index (χ2v) is 15.4. The van der Waals surface area contributed by atoms with Crippen molar-refractivity contribution in [3.8, 4) is 0 Å². The second-order valence-electron chi connectivity index (χ2n) is 9.29. The Morgan fingerprint density at radius 1 is 0.750 bits per heavy atom. The van der Waals surface area contributed by atoms with E-state index in [4.69, 9.17) is 17.7 Å². The number of hydrogen-bond acceptors (Lipinski definition) is 4. The van der Waals surface area contributed by atoms with Gasteiger partial charge in [-0.1, -0.05) is 70.6 Å². The van der Waals surface area contributed by atoms with Gasteiger partial charge in [0.25, 0.3) is 0 Å². The fourth-order valence-corrected chi connectivity index (χ4v) is 12.3. The lowest BCUT2D eigenvalue weighted by Crippen LogP contribution is -2.50. The molecule has 184 valence electrons. The molecule has 0 radical (unpaired) electrons. The lowest BCUT2D eigenvalue weighted by Gasteiger charge is -2.43. The molecule has 0 unspecified atom stereocenters. The van der Waals surface area contributed by atoms with Crippen LogP contribution in [0.25, 0.3) is 0 Å². The highest BCUT2D eigenvalue weighted by Crippen LogP contribution is 2.48. The van der Waals surface area contributed by atoms with Crippen LogP contribution in [-0.4, -0.2) is 46.3 Å². The van der Waals surface area contributed by atoms with Crippen LogP contribution in [0.3, 0.4) is 0 Å². The van der Waals surface area contributed by atoms with Gasteiger partial charge >= 0.3 is 17.8 Å². The van der Waals surface area contributed by atoms with E-state index in [2.05, 4.69) is 32.0 Å². The number of hydrogen-bond donors (Lipinski definition) is 0. The van der Waals surface area contributed by atoms with Gasteiger partial charge in [-0.3, -0.25) is 0 Å². The lowest BCUT2D eigenvalue weighted by atomic mass is 9.99. The third kappa shape index (κ3) is 6.77. The summed E-state index contributed by atoms with van der Waals surface area (Å²) in [5, 5.41) is 1.29. The molecule has 0 atom stereocenters. The van der Waals surface area contributed by atoms with Crippen molar-refractivity contribution in [3.63, 3.8) is 0 Å². The van der Waals surface area contributed by atoms with Crippen LogP contribution >= 0.6 is 0 Å². The van der Waals surface area contributed by atoms with Gasteiger partial charge in [0.05, 0.1) is 0 Å². The summed E-state index contributed by atoms with van der Waals surface area (Å²) in [6.07, 6.45) is 15.9. The van der Waals surface area contributed by atoms with Crippen LogP contribution in [0, 0.1) is 0 Å². The fourth-order valence-electron chi connectivity index (χ4n) is 6.08. The van der Waals surface area contributed by atoms with E-state index in [0.29, 0.717) is 0 Å². The maximum absolute atomic E-state index is 6.08. The zero-order valence-electron chi connectivity index (χ0n) is 21.6. The average molecular weight is 481 g/mol. The molecular weight excluding hydrogens is 432 g/mol. The monoisotopic (exact) mass is 480 g/mol. The van der Waals surface area contributed by atoms with Gasteiger partial charge in [0.2, 0.25) is 0 Å². The topological polar surface area (TPSA) is 36.9 Å². The minimum Gasteiger partial charge on any atom is -0.397 e. The molecule has 0 saturated heterocycles. The normalized spacial score (nSPS) is 18.5. The van der Waals surface area contributed by atoms with Gasteiger partial charge < -0.3 is 17.7 Å². The quantitative estimate of drug-likeness (QED) is 0.411. The SMILES string of the molecule is CCc1cccc([SiH](OC)OC)c1CC.CO[Si](OC)(C1CCCCC1)C1CCCCC1. The van der Waals surface area contributed by atoms with Crippen LogP contribution in [0.2, 0.25) is 11.1 Å². The Labute approximate surface area is 200 Å². The molecule has 0 spiro atoms. The average Bonchev–Trinajstić information content (AvgIpc) is 2.87. The number of aryl methyl sites for hydroxylation is 1. The molecule has 2 fully saturated rings. The van der Waals surface area contributed by atoms with E-state index in [1.807, 2.05) is 14.2 Å². The Morgan fingerprint density at radius 3 is 1.62 bits per heavy atom. The molecule has 0 aromatic heterocycles. The van der Waals surface area contributed by atoms with E-state index in [9.17, 15) is 0 Å². The van der Waals surface area contributed by atoms with E-state index in [1.54, 1.807) is 14.2 Å². The maximum Gasteiger partial charge on any atom is 0.355 e. The molecule has 0 amide bonds. The zero-order chi connectivity index (χ0) is 23.4. The smallest absolute Gasteiger partial charge is 0.355 e. The van der Waals surface area contributed by atoms with Crippen molar-refractivity contribution in [2.75, 3.05) is 28.4 Å². The Hall–Kier alpha value is -0.506. The van der Waals surface area contributed by atoms with Gasteiger partial charge in [0.15, 0.2) is 0 Å². The maximum atomic E-state index is 6.08. The Bertz CT molecular complexity index is 615. The first-order valence-electron chi connectivity index (χ1n) is 12.9. The van der Waals surface area contributed by atoms with Crippen LogP contribution in [0.15, 0.2) is 18.2 Å². The molecule has 2 saturated carbocycles. The van der Waals surface area contributed by atoms with E-state index in [0.717, 1.165) is 23.9 Å². The molecule has 6 heteroatoms. The van der Waals surface area contributed by atoms with Gasteiger partial charge in [0, 0.05) is 39.5 Å². The van der Waals surface area contributed by atoms with Crippen molar-refractivity contribution in [1.29, 1.82) is 0 Å². The Balaban J connectivity index is 0.000000229. The van der Waals surface area contributed by atoms with Crippen molar-refractivity contribution in [2.24, 2.45) is 0 Å². The van der Waals surface area contributed by atoms with Crippen LogP contribution < -0.4 is 5.19 Å². The van der Waals surface area contributed by atoms with E-state index >= 15 is 0 Å². The van der Waals surface area contributed by atoms with Crippen molar-refractivity contribution >= 4 is 23.0 Å². The highest BCUT2D eigenvalue weighted by molar-refractivity contribution is 6.70. The van der Waals surface area contributed by atoms with Crippen LogP contribution in [-0.2, 0) is 30.5 Å². The third-order valence-corrected chi connectivity index (χ3v) is 14.3. The minimum absolute atomic E-state index is 0.759. The molecule has 4 nitrogen and oxygen atoms in total. The minimum atomic E-state index is -1.94. The summed E-state index contributed by atoms with van der Waals surface area (Å²) in [5.41, 5.74) is 4.35. The zero-order valence-corrected chi connectivity index (χ0v) is 23.7. The molecule has 2 aliphatic carbocycles. The highest BCUT2D eigenvalue weighted by atomic mass is 28.4. The van der Waals surface area contributed by atoms with Crippen LogP contribution in [0.4, 0.5) is 0 Å². The van der Waals surface area contributed by atoms with E-state index in [-0.39, 0.29) is 0 Å². The van der Waals surface area contributed by atoms with Crippen molar-refractivity contribution in [2.45, 2.75) is 102 Å². The second kappa shape index (κ2) is 14.7. The summed E-state index contributed by atoms with van der Waals surface area (Å²) in [5.74, 6) is 0. The van der Waals surface area contributed by atoms with Crippen LogP contribution in [0.5, 0.6) is 0 Å². The molecular formula is C26H48O4Si2. The van der Waals surface area contributed by atoms with Gasteiger partial charge in [0.1, 0.15) is 0 Å². The molecule has 0 heterocycles. The molecule has 32 heavy (non-hydrogen) atoms. The summed E-state index contributed by atoms with van der Waals surface area (Å²) in [4.78, 5) is 0. The lowest BCUT2D eigenvalue weighted by molar-refractivity contribution is 0.193. The predicted molar refractivity (Wildman–Crippen MR) is 139 cm³/mol. The molecule has 0 bridgehead atoms. The summed E-state index contributed by atoms with van der Waals surface area (Å²) in [6, 6.07) is 6.44. The molecule has 1 aromatic carbocycles. The van der Waals surface area contributed by atoms with Crippen molar-refractivity contribution in [1.82, 2.24) is 0 Å². The molecule has 2 aliphatic rings. The van der Waals surface area contributed by atoms with Gasteiger partial charge in [-0.2, -0.15) is 0 Å². The van der Waals surface area contributed by atoms with Crippen LogP contribution in [0.1, 0.15) is 89.2 Å². The van der Waals surface area contributed by atoms with Crippen molar-refractivity contribution < 1.29 is 17.7 Å². The summed E-state index contributed by atoms with van der Waals surface area (Å²) in [6.45, 7) is 4.38. The standard InChI is InChI=1S/C14H28O2Si.C12H20O2Si/c1-15-17(16-2,13-9-5-3-6-10-13)14-11-7-4-8-12-14;1-5-10-8-7-9-12(11(10)6-2)15(13-3)14-4/h13-14H,3-12H2,1-2H3;7-9,15H,5-6H2,1-4H3. The predicted octanol–water partition coefficient (Wildman–Crippen LogP) is 5.92. The largest absolute Gasteiger partial charge is 0.397 e. The third-order valence-electron chi connectivity index (χ3n) is 7.71. The van der Waals surface area contributed by atoms with Crippen molar-refractivity contribution in [3.05, 3.63) is 29.3 Å². The van der Waals surface area contributed by atoms with E-state index < -0.39 is 17.8 Å². The molecule has 0 N–H and O–H groups in total. The molecule has 0 aliphatic heterocycles. The summed E-state index contributed by atoms with van der Waals surface area (Å²) in [7, 11) is 3.71. The highest BCUT2D eigenvalue weighted by Gasteiger charge is 2.51. The Morgan fingerprint density at radius 2 is 1.25 bits per heavy atom. The van der Waals surface area contributed by atoms with E-state index in [1.165, 1.54) is 80.5 Å². The first kappa shape index (κ1) is 27.7. The molecule has 3 rings (SSSR count).